The standard InChI is InChI=1S/C21H18Cl2N4O3S/c1-2-26-10-13(9-24-26)11-27-20(28)17(25-21(27)31)8-14-6-7-15(30-14)12-29-18-5-3-4-16(22)19(18)23/h3-10H,2,11-12H2,1H3,(H,25,31)/b17-8+. The Hall–Kier alpha value is -2.81. The van der Waals surface area contributed by atoms with Gasteiger partial charge in [0.05, 0.1) is 17.8 Å². The van der Waals surface area contributed by atoms with Gasteiger partial charge in [0.15, 0.2) is 5.11 Å². The maximum absolute atomic E-state index is 12.8. The number of carbonyl (C=O) groups excluding carboxylic acids is 1. The molecule has 0 saturated carbocycles. The van der Waals surface area contributed by atoms with Crippen LogP contribution in [0.3, 0.4) is 0 Å². The van der Waals surface area contributed by atoms with Gasteiger partial charge in [0.1, 0.15) is 34.6 Å². The van der Waals surface area contributed by atoms with Crippen molar-refractivity contribution >= 4 is 52.5 Å². The van der Waals surface area contributed by atoms with Crippen LogP contribution in [0, 0.1) is 0 Å². The number of hydrogen-bond acceptors (Lipinski definition) is 5. The third-order valence-electron chi connectivity index (χ3n) is 4.57. The number of amides is 1. The second kappa shape index (κ2) is 9.13. The van der Waals surface area contributed by atoms with Crippen molar-refractivity contribution in [2.75, 3.05) is 0 Å². The first-order valence-corrected chi connectivity index (χ1v) is 10.6. The van der Waals surface area contributed by atoms with Crippen LogP contribution in [-0.2, 0) is 24.5 Å². The number of aromatic nitrogens is 2. The molecule has 2 aromatic heterocycles. The lowest BCUT2D eigenvalue weighted by Crippen LogP contribution is -2.29. The highest BCUT2D eigenvalue weighted by atomic mass is 35.5. The first-order chi connectivity index (χ1) is 14.9. The van der Waals surface area contributed by atoms with Crippen LogP contribution in [0.2, 0.25) is 10.0 Å². The molecule has 4 rings (SSSR count). The lowest BCUT2D eigenvalue weighted by Gasteiger charge is -2.12. The summed E-state index contributed by atoms with van der Waals surface area (Å²) >= 11 is 17.4. The molecule has 7 nitrogen and oxygen atoms in total. The average molecular weight is 477 g/mol. The summed E-state index contributed by atoms with van der Waals surface area (Å²) in [5, 5.41) is 8.26. The topological polar surface area (TPSA) is 72.5 Å². The summed E-state index contributed by atoms with van der Waals surface area (Å²) in [5.41, 5.74) is 1.24. The number of hydrogen-bond donors (Lipinski definition) is 1. The zero-order valence-electron chi connectivity index (χ0n) is 16.5. The van der Waals surface area contributed by atoms with Crippen LogP contribution in [0.15, 0.2) is 52.8 Å². The number of rotatable bonds is 7. The number of carbonyl (C=O) groups is 1. The van der Waals surface area contributed by atoms with E-state index in [0.717, 1.165) is 12.1 Å². The van der Waals surface area contributed by atoms with Gasteiger partial charge in [-0.25, -0.2) is 0 Å². The quantitative estimate of drug-likeness (QED) is 0.395. The molecule has 3 aromatic rings. The molecule has 31 heavy (non-hydrogen) atoms. The Morgan fingerprint density at radius 1 is 1.29 bits per heavy atom. The minimum atomic E-state index is -0.228. The zero-order chi connectivity index (χ0) is 22.0. The van der Waals surface area contributed by atoms with Crippen LogP contribution >= 0.6 is 35.4 Å². The fourth-order valence-electron chi connectivity index (χ4n) is 3.00. The number of thiocarbonyl (C=S) groups is 1. The van der Waals surface area contributed by atoms with Crippen molar-refractivity contribution in [3.63, 3.8) is 0 Å². The number of nitrogens with one attached hydrogen (secondary N) is 1. The van der Waals surface area contributed by atoms with E-state index in [9.17, 15) is 4.79 Å². The second-order valence-corrected chi connectivity index (χ2v) is 7.90. The van der Waals surface area contributed by atoms with Crippen molar-refractivity contribution < 1.29 is 13.9 Å². The van der Waals surface area contributed by atoms with Crippen LogP contribution in [0.4, 0.5) is 0 Å². The molecule has 0 spiro atoms. The van der Waals surface area contributed by atoms with Crippen molar-refractivity contribution in [1.29, 1.82) is 0 Å². The van der Waals surface area contributed by atoms with Crippen LogP contribution in [0.25, 0.3) is 6.08 Å². The van der Waals surface area contributed by atoms with E-state index >= 15 is 0 Å². The van der Waals surface area contributed by atoms with Gasteiger partial charge in [-0.05, 0) is 43.4 Å². The lowest BCUT2D eigenvalue weighted by molar-refractivity contribution is -0.122. The van der Waals surface area contributed by atoms with Gasteiger partial charge in [-0.1, -0.05) is 29.3 Å². The van der Waals surface area contributed by atoms with Gasteiger partial charge in [0.2, 0.25) is 0 Å². The van der Waals surface area contributed by atoms with Crippen molar-refractivity contribution in [3.8, 4) is 5.75 Å². The monoisotopic (exact) mass is 476 g/mol. The van der Waals surface area contributed by atoms with Crippen molar-refractivity contribution in [2.24, 2.45) is 0 Å². The van der Waals surface area contributed by atoms with Crippen molar-refractivity contribution in [2.45, 2.75) is 26.6 Å². The van der Waals surface area contributed by atoms with Crippen molar-refractivity contribution in [1.82, 2.24) is 20.0 Å². The van der Waals surface area contributed by atoms with Gasteiger partial charge in [-0.2, -0.15) is 5.10 Å². The summed E-state index contributed by atoms with van der Waals surface area (Å²) in [6.45, 7) is 3.27. The molecule has 1 saturated heterocycles. The molecule has 0 aliphatic carbocycles. The van der Waals surface area contributed by atoms with E-state index in [4.69, 9.17) is 44.6 Å². The van der Waals surface area contributed by atoms with Crippen LogP contribution < -0.4 is 10.1 Å². The predicted octanol–water partition coefficient (Wildman–Crippen LogP) is 4.64. The third kappa shape index (κ3) is 4.76. The van der Waals surface area contributed by atoms with Gasteiger partial charge in [0, 0.05) is 24.4 Å². The number of ether oxygens (including phenoxy) is 1. The van der Waals surface area contributed by atoms with E-state index in [0.29, 0.717) is 44.7 Å². The zero-order valence-corrected chi connectivity index (χ0v) is 18.8. The van der Waals surface area contributed by atoms with E-state index in [-0.39, 0.29) is 12.5 Å². The normalized spacial score (nSPS) is 15.1. The van der Waals surface area contributed by atoms with Gasteiger partial charge in [0.25, 0.3) is 5.91 Å². The minimum Gasteiger partial charge on any atom is -0.484 e. The van der Waals surface area contributed by atoms with Gasteiger partial charge in [-0.3, -0.25) is 14.4 Å². The van der Waals surface area contributed by atoms with E-state index in [2.05, 4.69) is 10.4 Å². The van der Waals surface area contributed by atoms with E-state index in [1.807, 2.05) is 13.1 Å². The SMILES string of the molecule is CCn1cc(CN2C(=O)/C(=C\c3ccc(COc4cccc(Cl)c4Cl)o3)NC2=S)cn1. The molecule has 1 aromatic carbocycles. The maximum atomic E-state index is 12.8. The molecule has 160 valence electrons. The fourth-order valence-corrected chi connectivity index (χ4v) is 3.60. The molecule has 10 heteroatoms. The molecule has 1 amide bonds. The third-order valence-corrected chi connectivity index (χ3v) is 5.69. The fraction of sp³-hybridized carbons (Fsp3) is 0.190. The number of furan rings is 1. The Kier molecular flexibility index (Phi) is 6.31. The summed E-state index contributed by atoms with van der Waals surface area (Å²) < 4.78 is 13.2. The Morgan fingerprint density at radius 2 is 2.13 bits per heavy atom. The Morgan fingerprint density at radius 3 is 2.90 bits per heavy atom. The highest BCUT2D eigenvalue weighted by molar-refractivity contribution is 7.80. The minimum absolute atomic E-state index is 0.163. The summed E-state index contributed by atoms with van der Waals surface area (Å²) in [7, 11) is 0. The van der Waals surface area contributed by atoms with Crippen LogP contribution in [0.1, 0.15) is 24.0 Å². The Bertz CT molecular complexity index is 1170. The first kappa shape index (κ1) is 21.4. The van der Waals surface area contributed by atoms with Gasteiger partial charge in [-0.15, -0.1) is 0 Å². The predicted molar refractivity (Wildman–Crippen MR) is 122 cm³/mol. The number of benzene rings is 1. The molecule has 3 heterocycles. The maximum Gasteiger partial charge on any atom is 0.276 e. The number of aryl methyl sites for hydroxylation is 1. The van der Waals surface area contributed by atoms with Gasteiger partial charge >= 0.3 is 0 Å². The van der Waals surface area contributed by atoms with E-state index < -0.39 is 0 Å². The summed E-state index contributed by atoms with van der Waals surface area (Å²) in [4.78, 5) is 14.3. The van der Waals surface area contributed by atoms with E-state index in [1.54, 1.807) is 47.3 Å². The van der Waals surface area contributed by atoms with Crippen molar-refractivity contribution in [3.05, 3.63) is 75.6 Å². The Labute approximate surface area is 194 Å². The molecule has 1 N–H and O–H groups in total. The first-order valence-electron chi connectivity index (χ1n) is 9.46. The average Bonchev–Trinajstić information content (AvgIpc) is 3.46. The molecule has 0 radical (unpaired) electrons. The molecule has 0 atom stereocenters. The van der Waals surface area contributed by atoms with Crippen LogP contribution in [0.5, 0.6) is 5.75 Å². The molecule has 0 unspecified atom stereocenters. The Balaban J connectivity index is 1.42. The largest absolute Gasteiger partial charge is 0.484 e. The number of nitrogens with zero attached hydrogens (tertiary/aromatic N) is 3. The molecule has 0 bridgehead atoms. The summed E-state index contributed by atoms with van der Waals surface area (Å²) in [5.74, 6) is 1.30. The second-order valence-electron chi connectivity index (χ2n) is 6.73. The molecular weight excluding hydrogens is 459 g/mol. The smallest absolute Gasteiger partial charge is 0.276 e. The van der Waals surface area contributed by atoms with Gasteiger partial charge < -0.3 is 14.5 Å². The summed E-state index contributed by atoms with van der Waals surface area (Å²) in [6, 6.07) is 8.67. The highest BCUT2D eigenvalue weighted by Crippen LogP contribution is 2.32. The molecule has 1 fully saturated rings. The highest BCUT2D eigenvalue weighted by Gasteiger charge is 2.31. The lowest BCUT2D eigenvalue weighted by atomic mass is 10.3. The molecular formula is C21H18Cl2N4O3S. The van der Waals surface area contributed by atoms with E-state index in [1.165, 1.54) is 4.90 Å². The molecule has 1 aliphatic heterocycles. The van der Waals surface area contributed by atoms with Crippen LogP contribution in [-0.4, -0.2) is 25.7 Å². The number of halogens is 2. The molecule has 1 aliphatic rings. The summed E-state index contributed by atoms with van der Waals surface area (Å²) in [6.07, 6.45) is 5.23.